The first-order valence-electron chi connectivity index (χ1n) is 8.32. The van der Waals surface area contributed by atoms with Crippen LogP contribution in [0.4, 0.5) is 0 Å². The largest absolute Gasteiger partial charge is 0.474 e. The molecule has 0 atom stereocenters. The summed E-state index contributed by atoms with van der Waals surface area (Å²) in [6.07, 6.45) is 6.55. The zero-order chi connectivity index (χ0) is 19.5. The predicted octanol–water partition coefficient (Wildman–Crippen LogP) is 2.28. The number of aromatic nitrogens is 5. The second kappa shape index (κ2) is 8.01. The summed E-state index contributed by atoms with van der Waals surface area (Å²) in [5.41, 5.74) is 0.823. The molecule has 0 unspecified atom stereocenters. The molecule has 0 saturated carbocycles. The number of ketones is 1. The minimum atomic E-state index is -0.354. The van der Waals surface area contributed by atoms with Crippen LogP contribution in [-0.4, -0.2) is 37.0 Å². The van der Waals surface area contributed by atoms with Gasteiger partial charge in [-0.15, -0.1) is 11.3 Å². The maximum absolute atomic E-state index is 12.8. The van der Waals surface area contributed by atoms with Gasteiger partial charge in [0.2, 0.25) is 5.78 Å². The molecule has 0 amide bonds. The molecular formula is C18H15ClN5O3S+. The Morgan fingerprint density at radius 2 is 2.07 bits per heavy atom. The first-order valence-corrected chi connectivity index (χ1v) is 9.52. The number of imidazole rings is 1. The minimum Gasteiger partial charge on any atom is -0.474 e. The van der Waals surface area contributed by atoms with Gasteiger partial charge in [-0.1, -0.05) is 17.7 Å². The lowest BCUT2D eigenvalue weighted by atomic mass is 10.3. The van der Waals surface area contributed by atoms with Crippen LogP contribution in [0, 0.1) is 0 Å². The third-order valence-electron chi connectivity index (χ3n) is 4.01. The number of Topliss-reactive ketones (excluding diaryl/α,β-unsaturated/α-hetero) is 1. The maximum atomic E-state index is 12.8. The number of nitrogens with zero attached hydrogens (tertiary/aromatic N) is 5. The molecule has 4 heterocycles. The number of rotatable bonds is 7. The molecular weight excluding hydrogens is 402 g/mol. The SMILES string of the molecule is O=C(COCc1ncccn1)c1c(O)[n+]2ccccc2n1Cc1cnc(Cl)s1. The van der Waals surface area contributed by atoms with Gasteiger partial charge in [-0.3, -0.25) is 4.79 Å². The van der Waals surface area contributed by atoms with E-state index in [1.54, 1.807) is 45.9 Å². The van der Waals surface area contributed by atoms with E-state index in [-0.39, 0.29) is 30.6 Å². The quantitative estimate of drug-likeness (QED) is 0.367. The number of aromatic hydroxyl groups is 1. The molecule has 4 rings (SSSR count). The molecule has 1 N–H and O–H groups in total. The molecule has 142 valence electrons. The van der Waals surface area contributed by atoms with Crippen molar-refractivity contribution in [2.75, 3.05) is 6.61 Å². The molecule has 0 bridgehead atoms. The summed E-state index contributed by atoms with van der Waals surface area (Å²) in [5, 5.41) is 10.6. The monoisotopic (exact) mass is 416 g/mol. The van der Waals surface area contributed by atoms with Crippen LogP contribution in [0.2, 0.25) is 4.47 Å². The van der Waals surface area contributed by atoms with E-state index in [1.165, 1.54) is 11.3 Å². The Hall–Kier alpha value is -2.88. The van der Waals surface area contributed by atoms with E-state index in [0.29, 0.717) is 22.5 Å². The van der Waals surface area contributed by atoms with Crippen LogP contribution in [0.5, 0.6) is 5.88 Å². The molecule has 0 aliphatic rings. The van der Waals surface area contributed by atoms with E-state index in [0.717, 1.165) is 4.88 Å². The van der Waals surface area contributed by atoms with Crippen LogP contribution in [0.15, 0.2) is 49.1 Å². The first-order chi connectivity index (χ1) is 13.6. The number of carbonyl (C=O) groups excluding carboxylic acids is 1. The molecule has 0 radical (unpaired) electrons. The Kier molecular flexibility index (Phi) is 5.29. The molecule has 0 fully saturated rings. The Morgan fingerprint density at radius 1 is 1.25 bits per heavy atom. The molecule has 0 aliphatic heterocycles. The summed E-state index contributed by atoms with van der Waals surface area (Å²) in [7, 11) is 0. The summed E-state index contributed by atoms with van der Waals surface area (Å²) in [5.74, 6) is -0.0164. The van der Waals surface area contributed by atoms with Gasteiger partial charge in [-0.25, -0.2) is 19.5 Å². The van der Waals surface area contributed by atoms with Crippen molar-refractivity contribution in [2.24, 2.45) is 0 Å². The van der Waals surface area contributed by atoms with Crippen molar-refractivity contribution >= 4 is 34.4 Å². The number of carbonyl (C=O) groups is 1. The Labute approximate surface area is 168 Å². The van der Waals surface area contributed by atoms with Crippen molar-refractivity contribution in [1.29, 1.82) is 0 Å². The van der Waals surface area contributed by atoms with Crippen LogP contribution in [0.3, 0.4) is 0 Å². The number of hydrogen-bond donors (Lipinski definition) is 1. The van der Waals surface area contributed by atoms with Crippen LogP contribution < -0.4 is 4.40 Å². The van der Waals surface area contributed by atoms with E-state index < -0.39 is 0 Å². The Bertz CT molecular complexity index is 1130. The fraction of sp³-hybridized carbons (Fsp3) is 0.167. The molecule has 8 nitrogen and oxygen atoms in total. The number of fused-ring (bicyclic) bond motifs is 1. The zero-order valence-electron chi connectivity index (χ0n) is 14.5. The lowest BCUT2D eigenvalue weighted by molar-refractivity contribution is -0.521. The fourth-order valence-corrected chi connectivity index (χ4v) is 3.81. The second-order valence-corrected chi connectivity index (χ2v) is 7.55. The first kappa shape index (κ1) is 18.5. The van der Waals surface area contributed by atoms with Gasteiger partial charge in [0, 0.05) is 24.7 Å². The topological polar surface area (TPSA) is 94.2 Å². The Morgan fingerprint density at radius 3 is 2.82 bits per heavy atom. The Balaban J connectivity index is 1.62. The van der Waals surface area contributed by atoms with Gasteiger partial charge in [0.15, 0.2) is 10.3 Å². The molecule has 0 aromatic carbocycles. The lowest BCUT2D eigenvalue weighted by Gasteiger charge is -2.03. The lowest BCUT2D eigenvalue weighted by Crippen LogP contribution is -2.19. The van der Waals surface area contributed by atoms with Gasteiger partial charge in [0.05, 0.1) is 11.1 Å². The molecule has 4 aromatic heterocycles. The number of thiazole rings is 1. The van der Waals surface area contributed by atoms with E-state index in [1.807, 2.05) is 12.1 Å². The molecule has 0 aliphatic carbocycles. The second-order valence-electron chi connectivity index (χ2n) is 5.85. The van der Waals surface area contributed by atoms with Crippen molar-refractivity contribution < 1.29 is 19.0 Å². The van der Waals surface area contributed by atoms with Crippen molar-refractivity contribution in [3.63, 3.8) is 0 Å². The number of ether oxygens (including phenoxy) is 1. The van der Waals surface area contributed by atoms with E-state index in [4.69, 9.17) is 16.3 Å². The number of pyridine rings is 1. The van der Waals surface area contributed by atoms with Gasteiger partial charge >= 0.3 is 5.88 Å². The predicted molar refractivity (Wildman–Crippen MR) is 102 cm³/mol. The fourth-order valence-electron chi connectivity index (χ4n) is 2.84. The summed E-state index contributed by atoms with van der Waals surface area (Å²) < 4.78 is 9.15. The normalized spacial score (nSPS) is 11.2. The maximum Gasteiger partial charge on any atom is 0.339 e. The van der Waals surface area contributed by atoms with Crippen molar-refractivity contribution in [2.45, 2.75) is 13.2 Å². The average molecular weight is 417 g/mol. The minimum absolute atomic E-state index is 0.102. The number of halogens is 1. The van der Waals surface area contributed by atoms with Gasteiger partial charge in [-0.2, -0.15) is 4.40 Å². The highest BCUT2D eigenvalue weighted by atomic mass is 35.5. The van der Waals surface area contributed by atoms with Crippen molar-refractivity contribution in [3.05, 3.63) is 69.9 Å². The van der Waals surface area contributed by atoms with Crippen molar-refractivity contribution in [1.82, 2.24) is 19.5 Å². The van der Waals surface area contributed by atoms with Crippen LogP contribution in [-0.2, 0) is 17.9 Å². The summed E-state index contributed by atoms with van der Waals surface area (Å²) >= 11 is 7.24. The highest BCUT2D eigenvalue weighted by Crippen LogP contribution is 2.24. The van der Waals surface area contributed by atoms with Gasteiger partial charge < -0.3 is 9.84 Å². The highest BCUT2D eigenvalue weighted by Gasteiger charge is 2.31. The summed E-state index contributed by atoms with van der Waals surface area (Å²) in [4.78, 5) is 25.8. The summed E-state index contributed by atoms with van der Waals surface area (Å²) in [6, 6.07) is 7.13. The van der Waals surface area contributed by atoms with Crippen LogP contribution in [0.1, 0.15) is 21.2 Å². The van der Waals surface area contributed by atoms with Gasteiger partial charge in [0.25, 0.3) is 11.3 Å². The van der Waals surface area contributed by atoms with Crippen molar-refractivity contribution in [3.8, 4) is 5.88 Å². The van der Waals surface area contributed by atoms with Crippen LogP contribution in [0.25, 0.3) is 5.65 Å². The van der Waals surface area contributed by atoms with E-state index in [9.17, 15) is 9.90 Å². The zero-order valence-corrected chi connectivity index (χ0v) is 16.1. The third kappa shape index (κ3) is 3.72. The highest BCUT2D eigenvalue weighted by molar-refractivity contribution is 7.15. The van der Waals surface area contributed by atoms with Gasteiger partial charge in [0.1, 0.15) is 19.8 Å². The average Bonchev–Trinajstić information content (AvgIpc) is 3.24. The molecule has 28 heavy (non-hydrogen) atoms. The van der Waals surface area contributed by atoms with Crippen LogP contribution >= 0.6 is 22.9 Å². The standard InChI is InChI=1S/C18H14ClN5O3S/c19-18-22-8-12(28-18)9-24-15-4-1-2-7-23(15)17(26)16(24)13(25)10-27-11-14-20-5-3-6-21-14/h1-8H,9-11H2/p+1. The summed E-state index contributed by atoms with van der Waals surface area (Å²) in [6.45, 7) is 0.235. The molecule has 0 spiro atoms. The molecule has 4 aromatic rings. The van der Waals surface area contributed by atoms with E-state index >= 15 is 0 Å². The smallest absolute Gasteiger partial charge is 0.339 e. The van der Waals surface area contributed by atoms with Gasteiger partial charge in [-0.05, 0) is 12.1 Å². The van der Waals surface area contributed by atoms with E-state index in [2.05, 4.69) is 15.0 Å². The molecule has 0 saturated heterocycles. The third-order valence-corrected chi connectivity index (χ3v) is 5.11. The molecule has 10 heteroatoms. The number of hydrogen-bond acceptors (Lipinski definition) is 7.